The van der Waals surface area contributed by atoms with E-state index in [1.165, 1.54) is 26.6 Å². The van der Waals surface area contributed by atoms with Gasteiger partial charge in [-0.2, -0.15) is 41.7 Å². The Balaban J connectivity index is 0.000000196. The number of aliphatic hydroxyl groups is 1. The summed E-state index contributed by atoms with van der Waals surface area (Å²) in [5, 5.41) is 36.8. The summed E-state index contributed by atoms with van der Waals surface area (Å²) in [4.78, 5) is 26.2. The number of tetrazole rings is 2. The number of nitrogens with zero attached hydrogens (tertiary/aromatic N) is 12. The lowest BCUT2D eigenvalue weighted by Gasteiger charge is -2.18. The summed E-state index contributed by atoms with van der Waals surface area (Å²) >= 11 is 6.54. The number of nitrogens with one attached hydrogen (secondary N) is 6. The molecule has 7 N–H and O–H groups in total. The maximum absolute atomic E-state index is 13.2. The van der Waals surface area contributed by atoms with Crippen molar-refractivity contribution in [3.63, 3.8) is 0 Å². The molecule has 0 aliphatic heterocycles. The van der Waals surface area contributed by atoms with Gasteiger partial charge in [0.05, 0.1) is 20.8 Å². The lowest BCUT2D eigenvalue weighted by molar-refractivity contribution is 0.192. The summed E-state index contributed by atoms with van der Waals surface area (Å²) in [7, 11) is -5.38. The standard InChI is InChI=1S/C26H25N9O6S.C24H20ClN9O4S/c1-39-20-9-5-6-10-21(20)41-22-25(33-42(37,38)28-16-17-7-3-2-4-8-17)29-23(30-26(22)40-14-13-36)18-11-12-27-19(15-18)24-31-34-35-32-24;1-37-18-9-5-6-10-19(18)38-20-21(25)28-22(16-11-12-26-17(13-16)23-30-33-34-31-23)29-24(20)32-39(35,36)27-14-15-7-3-2-4-8-15/h2-12,15,28,36H,13-14,16H2,1H3,(H,29,30,33)(H,31,32,34,35);2-13,27H,14H2,1H3,(H,28,29,32)(H,30,31,33,34). The van der Waals surface area contributed by atoms with Crippen molar-refractivity contribution in [1.29, 1.82) is 0 Å². The van der Waals surface area contributed by atoms with Crippen LogP contribution in [0.1, 0.15) is 11.1 Å². The van der Waals surface area contributed by atoms with Gasteiger partial charge in [0.15, 0.2) is 51.4 Å². The highest BCUT2D eigenvalue weighted by Crippen LogP contribution is 2.42. The maximum Gasteiger partial charge on any atom is 0.300 e. The maximum atomic E-state index is 13.2. The number of aliphatic hydroxyl groups excluding tert-OH is 1. The molecule has 0 radical (unpaired) electrons. The van der Waals surface area contributed by atoms with Crippen LogP contribution in [0.3, 0.4) is 0 Å². The number of rotatable bonds is 23. The molecule has 28 nitrogen and oxygen atoms in total. The molecule has 0 aliphatic carbocycles. The average Bonchev–Trinajstić information content (AvgIpc) is 4.37. The Morgan fingerprint density at radius 1 is 0.543 bits per heavy atom. The fraction of sp³-hybridized carbons (Fsp3) is 0.120. The first-order chi connectivity index (χ1) is 39.4. The molecule has 0 bridgehead atoms. The Morgan fingerprint density at radius 2 is 0.988 bits per heavy atom. The van der Waals surface area contributed by atoms with Crippen LogP contribution in [0, 0.1) is 0 Å². The van der Waals surface area contributed by atoms with Crippen molar-refractivity contribution in [3.05, 3.63) is 162 Å². The number of hydrogen-bond donors (Lipinski definition) is 7. The van der Waals surface area contributed by atoms with E-state index in [1.807, 2.05) is 24.3 Å². The van der Waals surface area contributed by atoms with Gasteiger partial charge in [0.25, 0.3) is 5.88 Å². The number of pyridine rings is 2. The van der Waals surface area contributed by atoms with Gasteiger partial charge in [0.1, 0.15) is 18.0 Å². The Kier molecular flexibility index (Phi) is 18.1. The molecule has 6 aromatic heterocycles. The minimum atomic E-state index is -4.19. The highest BCUT2D eigenvalue weighted by atomic mass is 35.5. The largest absolute Gasteiger partial charge is 0.493 e. The molecule has 10 rings (SSSR count). The Labute approximate surface area is 466 Å². The van der Waals surface area contributed by atoms with Gasteiger partial charge >= 0.3 is 20.4 Å². The highest BCUT2D eigenvalue weighted by molar-refractivity contribution is 7.91. The molecular formula is C50H45ClN18O10S2. The van der Waals surface area contributed by atoms with E-state index in [2.05, 4.69) is 90.0 Å². The number of para-hydroxylation sites is 4. The number of halogens is 1. The van der Waals surface area contributed by atoms with E-state index in [0.29, 0.717) is 34.0 Å². The van der Waals surface area contributed by atoms with Crippen molar-refractivity contribution in [2.45, 2.75) is 13.1 Å². The summed E-state index contributed by atoms with van der Waals surface area (Å²) in [6, 6.07) is 38.0. The second-order valence-corrected chi connectivity index (χ2v) is 19.6. The van der Waals surface area contributed by atoms with Crippen LogP contribution in [0.15, 0.2) is 146 Å². The molecule has 4 aromatic carbocycles. The fourth-order valence-electron chi connectivity index (χ4n) is 7.10. The molecule has 0 aliphatic rings. The first kappa shape index (κ1) is 55.9. The molecule has 31 heteroatoms. The lowest BCUT2D eigenvalue weighted by atomic mass is 10.2. The van der Waals surface area contributed by atoms with Crippen molar-refractivity contribution in [1.82, 2.24) is 80.6 Å². The summed E-state index contributed by atoms with van der Waals surface area (Å²) in [5.74, 6) is 1.06. The first-order valence-corrected chi connectivity index (χ1v) is 27.1. The number of methoxy groups -OCH3 is 2. The predicted octanol–water partition coefficient (Wildman–Crippen LogP) is 5.96. The quantitative estimate of drug-likeness (QED) is 0.0363. The van der Waals surface area contributed by atoms with E-state index in [-0.39, 0.29) is 95.3 Å². The number of hydrogen-bond acceptors (Lipinski definition) is 22. The van der Waals surface area contributed by atoms with Crippen molar-refractivity contribution in [3.8, 4) is 86.2 Å². The molecule has 0 spiro atoms. The fourth-order valence-corrected chi connectivity index (χ4v) is 8.95. The van der Waals surface area contributed by atoms with Gasteiger partial charge in [-0.15, -0.1) is 20.4 Å². The second-order valence-electron chi connectivity index (χ2n) is 16.3. The van der Waals surface area contributed by atoms with Gasteiger partial charge in [-0.25, -0.2) is 15.0 Å². The Morgan fingerprint density at radius 3 is 1.44 bits per heavy atom. The van der Waals surface area contributed by atoms with Gasteiger partial charge in [-0.1, -0.05) is 96.5 Å². The number of aromatic amines is 2. The SMILES string of the molecule is COc1ccccc1Oc1c(Cl)nc(-c2ccnc(-c3nn[nH]n3)c2)nc1NS(=O)(=O)NCc1ccccc1.COc1ccccc1Oc1c(NS(=O)(=O)NCc2ccccc2)nc(-c2ccnc(-c3nn[nH]n3)c2)nc1OCCO. The van der Waals surface area contributed by atoms with Gasteiger partial charge in [0.2, 0.25) is 23.1 Å². The van der Waals surface area contributed by atoms with Gasteiger partial charge in [0, 0.05) is 36.6 Å². The van der Waals surface area contributed by atoms with E-state index in [1.54, 1.807) is 109 Å². The third-order valence-electron chi connectivity index (χ3n) is 10.8. The molecule has 6 heterocycles. The minimum Gasteiger partial charge on any atom is -0.493 e. The zero-order valence-corrected chi connectivity index (χ0v) is 44.8. The van der Waals surface area contributed by atoms with Crippen LogP contribution in [0.5, 0.6) is 40.4 Å². The molecule has 0 saturated heterocycles. The molecule has 0 atom stereocenters. The average molecular weight is 1160 g/mol. The zero-order chi connectivity index (χ0) is 56.6. The number of benzene rings is 4. The van der Waals surface area contributed by atoms with Crippen LogP contribution < -0.4 is 42.6 Å². The van der Waals surface area contributed by atoms with Gasteiger partial charge in [-0.3, -0.25) is 19.4 Å². The molecule has 0 amide bonds. The van der Waals surface area contributed by atoms with Crippen molar-refractivity contribution < 1.29 is 45.6 Å². The van der Waals surface area contributed by atoms with Gasteiger partial charge < -0.3 is 28.8 Å². The second kappa shape index (κ2) is 26.2. The van der Waals surface area contributed by atoms with Crippen LogP contribution in [0.4, 0.5) is 11.6 Å². The molecule has 10 aromatic rings. The van der Waals surface area contributed by atoms with Crippen LogP contribution in [-0.4, -0.2) is 121 Å². The third kappa shape index (κ3) is 14.8. The minimum absolute atomic E-state index is 0.0170. The molecule has 414 valence electrons. The number of aromatic nitrogens is 14. The third-order valence-corrected chi connectivity index (χ3v) is 13.0. The summed E-state index contributed by atoms with van der Waals surface area (Å²) in [6.45, 7) is -0.446. The van der Waals surface area contributed by atoms with E-state index in [4.69, 9.17) is 35.3 Å². The van der Waals surface area contributed by atoms with Gasteiger partial charge in [-0.05, 0) is 70.1 Å². The number of anilines is 2. The molecule has 0 saturated carbocycles. The summed E-state index contributed by atoms with van der Waals surface area (Å²) < 4.78 is 90.8. The summed E-state index contributed by atoms with van der Waals surface area (Å²) in [5.41, 5.74) is 3.16. The van der Waals surface area contributed by atoms with E-state index in [0.717, 1.165) is 11.1 Å². The first-order valence-electron chi connectivity index (χ1n) is 23.8. The molecule has 81 heavy (non-hydrogen) atoms. The van der Waals surface area contributed by atoms with E-state index < -0.39 is 20.4 Å². The molecular weight excluding hydrogens is 1110 g/mol. The Hall–Kier alpha value is -9.85. The summed E-state index contributed by atoms with van der Waals surface area (Å²) in [6.07, 6.45) is 2.99. The Bertz CT molecular complexity index is 3940. The van der Waals surface area contributed by atoms with Crippen LogP contribution in [-0.2, 0) is 33.5 Å². The number of H-pyrrole nitrogens is 2. The highest BCUT2D eigenvalue weighted by Gasteiger charge is 2.26. The topological polar surface area (TPSA) is 369 Å². The van der Waals surface area contributed by atoms with Crippen LogP contribution in [0.2, 0.25) is 5.15 Å². The lowest BCUT2D eigenvalue weighted by Crippen LogP contribution is -2.30. The number of ether oxygens (including phenoxy) is 5. The van der Waals surface area contributed by atoms with Crippen LogP contribution >= 0.6 is 11.6 Å². The van der Waals surface area contributed by atoms with Crippen molar-refractivity contribution in [2.75, 3.05) is 36.9 Å². The van der Waals surface area contributed by atoms with E-state index in [9.17, 15) is 21.9 Å². The van der Waals surface area contributed by atoms with Crippen molar-refractivity contribution in [2.24, 2.45) is 0 Å². The molecule has 0 unspecified atom stereocenters. The molecule has 0 fully saturated rings. The zero-order valence-electron chi connectivity index (χ0n) is 42.4. The van der Waals surface area contributed by atoms with Crippen LogP contribution in [0.25, 0.3) is 45.8 Å². The smallest absolute Gasteiger partial charge is 0.300 e. The predicted molar refractivity (Wildman–Crippen MR) is 292 cm³/mol. The normalized spacial score (nSPS) is 11.2. The van der Waals surface area contributed by atoms with E-state index >= 15 is 0 Å². The van der Waals surface area contributed by atoms with Crippen molar-refractivity contribution >= 4 is 43.7 Å². The monoisotopic (exact) mass is 1160 g/mol.